The molecule has 0 unspecified atom stereocenters. The lowest BCUT2D eigenvalue weighted by atomic mass is 11.2. The molecule has 0 heterocycles. The molecule has 3 N–H and O–H groups in total. The number of nitrogens with two attached hydrogens (primary N) is 1. The van der Waals surface area contributed by atoms with Gasteiger partial charge in [0.05, 0.1) is 0 Å². The summed E-state index contributed by atoms with van der Waals surface area (Å²) in [6, 6.07) is -1.26. The average molecular weight is 158 g/mol. The van der Waals surface area contributed by atoms with Crippen LogP contribution in [-0.4, -0.2) is 6.03 Å². The molecule has 9 heavy (non-hydrogen) atoms. The minimum absolute atomic E-state index is 1.11. The first-order valence-electron chi connectivity index (χ1n) is 1.56. The van der Waals surface area contributed by atoms with Crippen LogP contribution < -0.4 is 25.2 Å². The Morgan fingerprint density at radius 1 is 1.56 bits per heavy atom. The van der Waals surface area contributed by atoms with Crippen molar-refractivity contribution >= 4 is 6.03 Å². The molecule has 7 nitrogen and oxygen atoms in total. The maximum Gasteiger partial charge on any atom is 0.348 e. The Morgan fingerprint density at radius 2 is 2.00 bits per heavy atom. The van der Waals surface area contributed by atoms with Crippen molar-refractivity contribution < 1.29 is 33.4 Å². The molecular weight excluding hydrogens is 155 g/mol. The van der Waals surface area contributed by atoms with E-state index in [-0.39, 0.29) is 0 Å². The number of amides is 2. The molecule has 2 amide bonds. The van der Waals surface area contributed by atoms with E-state index < -0.39 is 16.3 Å². The molecule has 0 aliphatic rings. The minimum atomic E-state index is -4.63. The predicted octanol–water partition coefficient (Wildman–Crippen LogP) is -4.52. The van der Waals surface area contributed by atoms with Crippen LogP contribution in [0.3, 0.4) is 0 Å². The van der Waals surface area contributed by atoms with Gasteiger partial charge in [0.15, 0.2) is 0 Å². The van der Waals surface area contributed by atoms with E-state index in [0.29, 0.717) is 0 Å². The zero-order valence-corrected chi connectivity index (χ0v) is 4.75. The number of nitrogens with one attached hydrogen (secondary N) is 1. The Bertz CT molecular complexity index is 108. The molecule has 0 bridgehead atoms. The number of hydrogen-bond donors (Lipinski definition) is 2. The zero-order valence-electron chi connectivity index (χ0n) is 4.00. The summed E-state index contributed by atoms with van der Waals surface area (Å²) < 4.78 is 31.5. The molecule has 0 aliphatic heterocycles. The van der Waals surface area contributed by atoms with E-state index >= 15 is 0 Å². The van der Waals surface area contributed by atoms with Gasteiger partial charge >= 0.3 is 6.03 Å². The molecular formula is CH3ClN2O5. The average Bonchev–Trinajstić information content (AvgIpc) is 1.59. The van der Waals surface area contributed by atoms with Crippen molar-refractivity contribution in [1.82, 2.24) is 5.48 Å². The molecule has 0 saturated carbocycles. The van der Waals surface area contributed by atoms with Gasteiger partial charge in [0.25, 0.3) is 0 Å². The number of urea groups is 1. The molecule has 0 aromatic carbocycles. The summed E-state index contributed by atoms with van der Waals surface area (Å²) in [7, 11) is -4.63. The van der Waals surface area contributed by atoms with Crippen LogP contribution in [0.4, 0.5) is 4.79 Å². The van der Waals surface area contributed by atoms with Crippen LogP contribution in [0, 0.1) is 10.2 Å². The van der Waals surface area contributed by atoms with E-state index in [1.165, 1.54) is 0 Å². The van der Waals surface area contributed by atoms with E-state index in [0.717, 1.165) is 5.48 Å². The molecule has 0 fully saturated rings. The maximum atomic E-state index is 9.62. The van der Waals surface area contributed by atoms with Gasteiger partial charge in [0.1, 0.15) is 10.2 Å². The Labute approximate surface area is 51.7 Å². The standard InChI is InChI=1S/CH3ClN2O5/c3-1(5)4-9-2(6,7)8/h(H3,3,4,5). The monoisotopic (exact) mass is 158 g/mol. The number of hydroxylamine groups is 1. The fourth-order valence-corrected chi connectivity index (χ4v) is 0.256. The van der Waals surface area contributed by atoms with Gasteiger partial charge in [-0.25, -0.2) is 4.79 Å². The second-order valence-corrected chi connectivity index (χ2v) is 1.83. The lowest BCUT2D eigenvalue weighted by Gasteiger charge is -2.09. The van der Waals surface area contributed by atoms with E-state index in [9.17, 15) is 18.8 Å². The molecule has 0 aliphatic carbocycles. The largest absolute Gasteiger partial charge is 0.349 e. The van der Waals surface area contributed by atoms with Gasteiger partial charge in [-0.15, -0.1) is 0 Å². The molecule has 0 atom stereocenters. The first-order chi connectivity index (χ1) is 3.92. The van der Waals surface area contributed by atoms with Crippen LogP contribution in [0.2, 0.25) is 0 Å². The highest BCUT2D eigenvalue weighted by atomic mass is 35.7. The SMILES string of the molecule is NC(=O)NO[Cl+3]([O-])([O-])[O-]. The highest BCUT2D eigenvalue weighted by Crippen LogP contribution is 1.79. The van der Waals surface area contributed by atoms with E-state index in [1.54, 1.807) is 0 Å². The summed E-state index contributed by atoms with van der Waals surface area (Å²) in [6.45, 7) is 0. The van der Waals surface area contributed by atoms with Gasteiger partial charge in [0.2, 0.25) is 4.39 Å². The quantitative estimate of drug-likeness (QED) is 0.391. The van der Waals surface area contributed by atoms with Crippen LogP contribution in [0.1, 0.15) is 0 Å². The molecule has 54 valence electrons. The van der Waals surface area contributed by atoms with Crippen LogP contribution in [-0.2, 0) is 4.39 Å². The van der Waals surface area contributed by atoms with Crippen molar-refractivity contribution in [3.63, 3.8) is 0 Å². The molecule has 0 radical (unpaired) electrons. The smallest absolute Gasteiger partial charge is 0.348 e. The summed E-state index contributed by atoms with van der Waals surface area (Å²) in [5, 5.41) is 0. The van der Waals surface area contributed by atoms with Crippen molar-refractivity contribution in [2.45, 2.75) is 0 Å². The summed E-state index contributed by atoms with van der Waals surface area (Å²) >= 11 is 0. The highest BCUT2D eigenvalue weighted by molar-refractivity contribution is 5.70. The molecule has 0 aromatic heterocycles. The highest BCUT2D eigenvalue weighted by Gasteiger charge is 2.18. The number of carbonyl (C=O) groups excluding carboxylic acids is 1. The van der Waals surface area contributed by atoms with Crippen LogP contribution >= 0.6 is 0 Å². The minimum Gasteiger partial charge on any atom is -0.349 e. The van der Waals surface area contributed by atoms with Crippen LogP contribution in [0.15, 0.2) is 0 Å². The summed E-state index contributed by atoms with van der Waals surface area (Å²) in [4.78, 5) is 9.62. The Morgan fingerprint density at radius 3 is 2.11 bits per heavy atom. The van der Waals surface area contributed by atoms with Crippen molar-refractivity contribution in [1.29, 1.82) is 0 Å². The normalized spacial score (nSPS) is 11.0. The Balaban J connectivity index is 3.39. The van der Waals surface area contributed by atoms with Gasteiger partial charge in [-0.05, 0) is 0 Å². The third kappa shape index (κ3) is 7.40. The molecule has 0 spiro atoms. The van der Waals surface area contributed by atoms with E-state index in [1.807, 2.05) is 0 Å². The topological polar surface area (TPSA) is 134 Å². The summed E-state index contributed by atoms with van der Waals surface area (Å²) in [6.07, 6.45) is 0. The Kier molecular flexibility index (Phi) is 2.62. The van der Waals surface area contributed by atoms with Crippen molar-refractivity contribution in [3.05, 3.63) is 0 Å². The summed E-state index contributed by atoms with van der Waals surface area (Å²) in [5.41, 5.74) is 5.43. The van der Waals surface area contributed by atoms with Gasteiger partial charge in [0, 0.05) is 0 Å². The van der Waals surface area contributed by atoms with Gasteiger partial charge in [-0.2, -0.15) is 14.0 Å². The fourth-order valence-electron chi connectivity index (χ4n) is 0.0853. The maximum absolute atomic E-state index is 9.62. The van der Waals surface area contributed by atoms with Crippen molar-refractivity contribution in [3.8, 4) is 0 Å². The third-order valence-electron chi connectivity index (χ3n) is 0.234. The second kappa shape index (κ2) is 2.80. The fraction of sp³-hybridized carbons (Fsp3) is 0. The van der Waals surface area contributed by atoms with Crippen molar-refractivity contribution in [2.75, 3.05) is 0 Å². The lowest BCUT2D eigenvalue weighted by molar-refractivity contribution is -1.92. The lowest BCUT2D eigenvalue weighted by Crippen LogP contribution is -2.63. The Hall–Kier alpha value is -0.600. The van der Waals surface area contributed by atoms with Gasteiger partial charge < -0.3 is 5.73 Å². The predicted molar refractivity (Wildman–Crippen MR) is 13.8 cm³/mol. The second-order valence-electron chi connectivity index (χ2n) is 0.921. The number of halogens is 1. The zero-order chi connectivity index (χ0) is 7.49. The first kappa shape index (κ1) is 8.40. The molecule has 0 aromatic rings. The first-order valence-corrected chi connectivity index (χ1v) is 2.80. The number of hydrogen-bond acceptors (Lipinski definition) is 5. The third-order valence-corrected chi connectivity index (χ3v) is 0.500. The number of primary amides is 1. The van der Waals surface area contributed by atoms with E-state index in [4.69, 9.17) is 0 Å². The molecule has 0 saturated heterocycles. The molecule has 0 rings (SSSR count). The number of rotatable bonds is 2. The van der Waals surface area contributed by atoms with Gasteiger partial charge in [-0.3, -0.25) is 0 Å². The summed E-state index contributed by atoms with van der Waals surface area (Å²) in [5.74, 6) is 0. The van der Waals surface area contributed by atoms with Crippen molar-refractivity contribution in [2.24, 2.45) is 5.73 Å². The van der Waals surface area contributed by atoms with E-state index in [2.05, 4.69) is 10.1 Å². The number of carbonyl (C=O) groups is 1. The molecule has 8 heteroatoms. The van der Waals surface area contributed by atoms with Crippen LogP contribution in [0.25, 0.3) is 0 Å². The van der Waals surface area contributed by atoms with Gasteiger partial charge in [-0.1, -0.05) is 5.48 Å². The van der Waals surface area contributed by atoms with Crippen LogP contribution in [0.5, 0.6) is 0 Å².